The molecule has 5 aromatic carbocycles. The third-order valence-electron chi connectivity index (χ3n) is 11.1. The normalized spacial score (nSPS) is 13.1. The zero-order valence-electron chi connectivity index (χ0n) is 32.3. The van der Waals surface area contributed by atoms with Crippen LogP contribution in [0.2, 0.25) is 0 Å². The molecule has 0 atom stereocenters. The van der Waals surface area contributed by atoms with Gasteiger partial charge in [0.15, 0.2) is 0 Å². The van der Waals surface area contributed by atoms with E-state index in [1.807, 2.05) is 12.4 Å². The molecule has 1 saturated carbocycles. The number of aromatic nitrogens is 2. The van der Waals surface area contributed by atoms with Gasteiger partial charge in [-0.15, -0.1) is 65.2 Å². The SMILES string of the molecule is Cc1cc(CCc2c[c-]c(-c3ccc(C(C)(C)C)cn3)cc2)cc(-c2ccccc2-c2c[c-]c(-c3cc(-c4ccc(C5CCCC5)cc4)ccn3)cc2)c1.[Ir]. The Kier molecular flexibility index (Phi) is 11.7. The molecule has 0 N–H and O–H groups in total. The van der Waals surface area contributed by atoms with Crippen molar-refractivity contribution in [3.63, 3.8) is 0 Å². The molecule has 0 spiro atoms. The Bertz CT molecular complexity index is 2340. The van der Waals surface area contributed by atoms with E-state index < -0.39 is 0 Å². The molecule has 0 unspecified atom stereocenters. The predicted octanol–water partition coefficient (Wildman–Crippen LogP) is 13.5. The topological polar surface area (TPSA) is 25.8 Å². The molecule has 1 radical (unpaired) electrons. The Morgan fingerprint density at radius 3 is 1.96 bits per heavy atom. The first-order chi connectivity index (χ1) is 26.3. The van der Waals surface area contributed by atoms with Gasteiger partial charge in [0, 0.05) is 32.5 Å². The van der Waals surface area contributed by atoms with E-state index in [9.17, 15) is 0 Å². The number of rotatable bonds is 9. The van der Waals surface area contributed by atoms with Gasteiger partial charge in [-0.05, 0) is 93.9 Å². The molecule has 0 aliphatic heterocycles. The van der Waals surface area contributed by atoms with Gasteiger partial charge >= 0.3 is 0 Å². The summed E-state index contributed by atoms with van der Waals surface area (Å²) < 4.78 is 0. The zero-order valence-corrected chi connectivity index (χ0v) is 34.7. The minimum Gasteiger partial charge on any atom is -0.305 e. The van der Waals surface area contributed by atoms with E-state index in [4.69, 9.17) is 9.97 Å². The molecule has 1 fully saturated rings. The van der Waals surface area contributed by atoms with Gasteiger partial charge < -0.3 is 9.97 Å². The van der Waals surface area contributed by atoms with Crippen molar-refractivity contribution in [1.82, 2.24) is 9.97 Å². The second-order valence-corrected chi connectivity index (χ2v) is 16.1. The summed E-state index contributed by atoms with van der Waals surface area (Å²) in [5.74, 6) is 0.729. The minimum absolute atomic E-state index is 0. The molecule has 1 aliphatic carbocycles. The molecule has 55 heavy (non-hydrogen) atoms. The number of aryl methyl sites for hydroxylation is 3. The molecule has 3 heteroatoms. The first-order valence-corrected chi connectivity index (χ1v) is 19.5. The fraction of sp³-hybridized carbons (Fsp3) is 0.231. The van der Waals surface area contributed by atoms with Gasteiger partial charge in [-0.3, -0.25) is 0 Å². The molecule has 2 nitrogen and oxygen atoms in total. The van der Waals surface area contributed by atoms with Crippen LogP contribution >= 0.6 is 0 Å². The number of benzene rings is 5. The Morgan fingerprint density at radius 1 is 0.600 bits per heavy atom. The van der Waals surface area contributed by atoms with E-state index >= 15 is 0 Å². The predicted molar refractivity (Wildman–Crippen MR) is 225 cm³/mol. The summed E-state index contributed by atoms with van der Waals surface area (Å²) in [5.41, 5.74) is 17.9. The van der Waals surface area contributed by atoms with Gasteiger partial charge in [0.2, 0.25) is 0 Å². The summed E-state index contributed by atoms with van der Waals surface area (Å²) in [4.78, 5) is 9.46. The van der Waals surface area contributed by atoms with Gasteiger partial charge in [-0.2, -0.15) is 0 Å². The molecule has 277 valence electrons. The van der Waals surface area contributed by atoms with Crippen molar-refractivity contribution in [3.05, 3.63) is 180 Å². The van der Waals surface area contributed by atoms with Crippen molar-refractivity contribution in [2.45, 2.75) is 77.6 Å². The van der Waals surface area contributed by atoms with Crippen molar-refractivity contribution < 1.29 is 20.1 Å². The van der Waals surface area contributed by atoms with E-state index in [-0.39, 0.29) is 25.5 Å². The maximum atomic E-state index is 4.73. The van der Waals surface area contributed by atoms with Gasteiger partial charge in [0.25, 0.3) is 0 Å². The van der Waals surface area contributed by atoms with Crippen LogP contribution in [0.15, 0.2) is 140 Å². The third-order valence-corrected chi connectivity index (χ3v) is 11.1. The van der Waals surface area contributed by atoms with Crippen LogP contribution in [-0.2, 0) is 38.4 Å². The summed E-state index contributed by atoms with van der Waals surface area (Å²) in [6.07, 6.45) is 11.2. The largest absolute Gasteiger partial charge is 0.305 e. The molecule has 2 heterocycles. The molecule has 1 aliphatic rings. The summed E-state index contributed by atoms with van der Waals surface area (Å²) in [5, 5.41) is 0. The Labute approximate surface area is 341 Å². The Balaban J connectivity index is 0.00000465. The first-order valence-electron chi connectivity index (χ1n) is 19.5. The monoisotopic (exact) mass is 893 g/mol. The van der Waals surface area contributed by atoms with Crippen LogP contribution in [-0.4, -0.2) is 9.97 Å². The molecule has 0 bridgehead atoms. The molecule has 0 amide bonds. The van der Waals surface area contributed by atoms with Crippen LogP contribution < -0.4 is 0 Å². The number of hydrogen-bond donors (Lipinski definition) is 0. The van der Waals surface area contributed by atoms with E-state index in [1.165, 1.54) is 81.3 Å². The third kappa shape index (κ3) is 8.97. The van der Waals surface area contributed by atoms with Gasteiger partial charge in [0.05, 0.1) is 0 Å². The Hall–Kier alpha value is -4.95. The van der Waals surface area contributed by atoms with Gasteiger partial charge in [-0.25, -0.2) is 0 Å². The van der Waals surface area contributed by atoms with E-state index in [0.29, 0.717) is 0 Å². The quantitative estimate of drug-likeness (QED) is 0.135. The minimum atomic E-state index is 0. The molecule has 2 aromatic heterocycles. The molecular weight excluding hydrogens is 845 g/mol. The number of nitrogens with zero attached hydrogens (tertiary/aromatic N) is 2. The van der Waals surface area contributed by atoms with Crippen LogP contribution in [0, 0.1) is 19.1 Å². The molecule has 0 saturated heterocycles. The average Bonchev–Trinajstić information content (AvgIpc) is 3.76. The van der Waals surface area contributed by atoms with Crippen molar-refractivity contribution >= 4 is 0 Å². The smallest absolute Gasteiger partial charge is 0.0198 e. The fourth-order valence-corrected chi connectivity index (χ4v) is 7.92. The maximum absolute atomic E-state index is 4.73. The second kappa shape index (κ2) is 16.8. The van der Waals surface area contributed by atoms with Gasteiger partial charge in [0.1, 0.15) is 0 Å². The average molecular weight is 893 g/mol. The summed E-state index contributed by atoms with van der Waals surface area (Å²) in [6, 6.07) is 53.5. The molecule has 7 aromatic rings. The zero-order chi connectivity index (χ0) is 37.1. The second-order valence-electron chi connectivity index (χ2n) is 16.1. The van der Waals surface area contributed by atoms with Crippen molar-refractivity contribution in [2.75, 3.05) is 0 Å². The Morgan fingerprint density at radius 2 is 1.29 bits per heavy atom. The van der Waals surface area contributed by atoms with Crippen LogP contribution in [0.4, 0.5) is 0 Å². The van der Waals surface area contributed by atoms with E-state index in [0.717, 1.165) is 46.8 Å². The summed E-state index contributed by atoms with van der Waals surface area (Å²) >= 11 is 0. The van der Waals surface area contributed by atoms with Crippen LogP contribution in [0.5, 0.6) is 0 Å². The molecule has 8 rings (SSSR count). The van der Waals surface area contributed by atoms with Crippen LogP contribution in [0.3, 0.4) is 0 Å². The van der Waals surface area contributed by atoms with Gasteiger partial charge in [-0.1, -0.05) is 142 Å². The van der Waals surface area contributed by atoms with Crippen molar-refractivity contribution in [1.29, 1.82) is 0 Å². The van der Waals surface area contributed by atoms with Crippen LogP contribution in [0.25, 0.3) is 55.9 Å². The molecular formula is C52H48IrN2-2. The van der Waals surface area contributed by atoms with E-state index in [1.54, 1.807) is 0 Å². The number of hydrogen-bond acceptors (Lipinski definition) is 2. The summed E-state index contributed by atoms with van der Waals surface area (Å²) in [6.45, 7) is 8.84. The number of pyridine rings is 2. The van der Waals surface area contributed by atoms with Crippen molar-refractivity contribution in [2.24, 2.45) is 0 Å². The first kappa shape index (κ1) is 38.3. The standard InChI is InChI=1S/C52H48N2.Ir/c1-36-31-38(14-13-37-15-17-43(18-16-37)50-28-27-47(35-54-50)52(2,3)4)33-46(32-36)49-12-8-7-11-48(49)42-23-25-44(26-24-42)51-34-45(29-30-53-51)41-21-19-40(20-22-41)39-9-5-6-10-39;/h7-8,11-12,15-17,19-25,27-35,39H,5-6,9-10,13-14H2,1-4H3;/q-2;. The fourth-order valence-electron chi connectivity index (χ4n) is 7.92. The maximum Gasteiger partial charge on any atom is 0.0198 e. The summed E-state index contributed by atoms with van der Waals surface area (Å²) in [7, 11) is 0. The van der Waals surface area contributed by atoms with E-state index in [2.05, 4.69) is 167 Å². The van der Waals surface area contributed by atoms with Crippen molar-refractivity contribution in [3.8, 4) is 55.9 Å². The van der Waals surface area contributed by atoms with Crippen LogP contribution in [0.1, 0.15) is 80.2 Å².